The smallest absolute Gasteiger partial charge is 0.396 e. The molecular formula is C36H60O15S2. The zero-order valence-electron chi connectivity index (χ0n) is 31.3. The highest BCUT2D eigenvalue weighted by Gasteiger charge is 2.71. The fraction of sp³-hybridized carbons (Fsp3) is 0.944. The van der Waals surface area contributed by atoms with Gasteiger partial charge in [0.05, 0.1) is 25.9 Å². The predicted molar refractivity (Wildman–Crippen MR) is 188 cm³/mol. The van der Waals surface area contributed by atoms with Crippen LogP contribution in [0.1, 0.15) is 92.4 Å². The molecule has 16 atom stereocenters. The molecule has 0 aromatic rings. The van der Waals surface area contributed by atoms with Crippen molar-refractivity contribution in [3.63, 3.8) is 0 Å². The van der Waals surface area contributed by atoms with Crippen molar-refractivity contribution < 1.29 is 69.3 Å². The van der Waals surface area contributed by atoms with E-state index in [2.05, 4.69) is 33.8 Å². The van der Waals surface area contributed by atoms with Crippen molar-refractivity contribution in [2.24, 2.45) is 56.7 Å². The van der Waals surface area contributed by atoms with Crippen molar-refractivity contribution in [2.75, 3.05) is 26.4 Å². The zero-order valence-corrected chi connectivity index (χ0v) is 33.0. The Balaban J connectivity index is 1.27. The maximum atomic E-state index is 12.0. The van der Waals surface area contributed by atoms with Crippen molar-refractivity contribution >= 4 is 20.8 Å². The van der Waals surface area contributed by atoms with Crippen molar-refractivity contribution in [3.05, 3.63) is 11.6 Å². The lowest BCUT2D eigenvalue weighted by molar-refractivity contribution is -0.299. The number of rotatable bonds is 10. The number of aliphatic hydroxyl groups is 5. The van der Waals surface area contributed by atoms with Gasteiger partial charge in [0.25, 0.3) is 0 Å². The van der Waals surface area contributed by atoms with E-state index in [0.717, 1.165) is 37.7 Å². The van der Waals surface area contributed by atoms with Crippen LogP contribution >= 0.6 is 0 Å². The molecule has 1 aliphatic heterocycles. The minimum atomic E-state index is -4.87. The van der Waals surface area contributed by atoms with Crippen molar-refractivity contribution in [1.82, 2.24) is 0 Å². The van der Waals surface area contributed by atoms with Gasteiger partial charge in [0.1, 0.15) is 24.4 Å². The third kappa shape index (κ3) is 6.88. The number of hydrogen-bond acceptors (Lipinski definition) is 13. The van der Waals surface area contributed by atoms with Gasteiger partial charge < -0.3 is 35.0 Å². The Kier molecular flexibility index (Phi) is 11.2. The van der Waals surface area contributed by atoms with Gasteiger partial charge in [-0.05, 0) is 109 Å². The van der Waals surface area contributed by atoms with E-state index in [0.29, 0.717) is 19.3 Å². The Morgan fingerprint density at radius 3 is 2.15 bits per heavy atom. The lowest BCUT2D eigenvalue weighted by Gasteiger charge is -2.73. The maximum absolute atomic E-state index is 12.0. The van der Waals surface area contributed by atoms with Crippen LogP contribution in [-0.4, -0.2) is 115 Å². The SMILES string of the molecule is C[C@H]1C(CO[C@@H]2O[C@H](CO)[C@@H](O)[C@H](O)[C@H]2O)=CC[C@]2(CO)CC[C@]3(C)[C@H](CC[C@@H]4[C@@]5(C)CC[C@H](OS(=O)(=O)O)[C@@](C)(COS(=O)(=O)O)[C@@H]5CC[C@]43C)[C@H]12. The quantitative estimate of drug-likeness (QED) is 0.124. The molecule has 0 bridgehead atoms. The van der Waals surface area contributed by atoms with E-state index in [4.69, 9.17) is 17.8 Å². The second kappa shape index (κ2) is 14.2. The molecule has 1 heterocycles. The van der Waals surface area contributed by atoms with E-state index in [1.807, 2.05) is 0 Å². The molecule has 0 spiro atoms. The Morgan fingerprint density at radius 1 is 0.830 bits per heavy atom. The standard InChI is InChI=1S/C36H60O15S2/c1-20-21(17-48-31-30(41)29(40)28(39)23(16-37)50-31)8-13-36(18-38)15-14-34(4)22(27(20)36)6-7-25-32(2)11-10-26(51-53(45,46)47)33(3,19-49-52(42,43)44)24(32)9-12-35(25,34)5/h8,20,22-31,37-41H,6-7,9-19H2,1-5H3,(H,42,43,44)(H,45,46,47)/t20-,22+,23+,24+,25+,26-,27-,28+,29-,30+,31+,32-,33-,34+,35+,36+/m0/s1. The first-order chi connectivity index (χ1) is 24.5. The van der Waals surface area contributed by atoms with Crippen LogP contribution in [0.5, 0.6) is 0 Å². The van der Waals surface area contributed by atoms with Gasteiger partial charge in [0.15, 0.2) is 6.29 Å². The molecule has 5 fully saturated rings. The van der Waals surface area contributed by atoms with E-state index in [1.54, 1.807) is 6.92 Å². The maximum Gasteiger partial charge on any atom is 0.397 e. The van der Waals surface area contributed by atoms with Crippen LogP contribution < -0.4 is 0 Å². The first kappa shape index (κ1) is 41.8. The molecule has 6 aliphatic rings. The topological polar surface area (TPSA) is 247 Å². The van der Waals surface area contributed by atoms with Gasteiger partial charge in [-0.3, -0.25) is 9.11 Å². The Labute approximate surface area is 313 Å². The molecule has 0 amide bonds. The Hall–Kier alpha value is -0.800. The van der Waals surface area contributed by atoms with Gasteiger partial charge in [-0.25, -0.2) is 8.37 Å². The number of hydrogen-bond donors (Lipinski definition) is 7. The van der Waals surface area contributed by atoms with Crippen LogP contribution in [0.2, 0.25) is 0 Å². The highest BCUT2D eigenvalue weighted by atomic mass is 32.3. The summed E-state index contributed by atoms with van der Waals surface area (Å²) < 4.78 is 88.4. The van der Waals surface area contributed by atoms with Crippen LogP contribution in [0.3, 0.4) is 0 Å². The van der Waals surface area contributed by atoms with Crippen LogP contribution in [0, 0.1) is 56.7 Å². The summed E-state index contributed by atoms with van der Waals surface area (Å²) in [6.45, 7) is 9.93. The van der Waals surface area contributed by atoms with E-state index >= 15 is 0 Å². The van der Waals surface area contributed by atoms with Gasteiger partial charge >= 0.3 is 20.8 Å². The first-order valence-electron chi connectivity index (χ1n) is 19.0. The van der Waals surface area contributed by atoms with Gasteiger partial charge in [0, 0.05) is 17.4 Å². The largest absolute Gasteiger partial charge is 0.397 e. The first-order valence-corrected chi connectivity index (χ1v) is 21.7. The predicted octanol–water partition coefficient (Wildman–Crippen LogP) is 2.42. The lowest BCUT2D eigenvalue weighted by Crippen LogP contribution is -2.68. The van der Waals surface area contributed by atoms with Crippen LogP contribution in [0.25, 0.3) is 0 Å². The summed E-state index contributed by atoms with van der Waals surface area (Å²) in [5.41, 5.74) is -1.24. The number of allylic oxidation sites excluding steroid dienone is 1. The highest BCUT2D eigenvalue weighted by Crippen LogP contribution is 2.77. The third-order valence-corrected chi connectivity index (χ3v) is 17.1. The Morgan fingerprint density at radius 2 is 1.53 bits per heavy atom. The third-order valence-electron chi connectivity index (χ3n) is 16.2. The normalized spacial score (nSPS) is 50.3. The molecule has 7 N–H and O–H groups in total. The zero-order chi connectivity index (χ0) is 39.2. The van der Waals surface area contributed by atoms with Crippen LogP contribution in [0.15, 0.2) is 11.6 Å². The van der Waals surface area contributed by atoms with Gasteiger partial charge in [-0.1, -0.05) is 40.7 Å². The molecular weight excluding hydrogens is 737 g/mol. The highest BCUT2D eigenvalue weighted by molar-refractivity contribution is 7.81. The van der Waals surface area contributed by atoms with E-state index in [1.165, 1.54) is 0 Å². The summed E-state index contributed by atoms with van der Waals surface area (Å²) in [5, 5.41) is 51.8. The molecule has 15 nitrogen and oxygen atoms in total. The average Bonchev–Trinajstić information content (AvgIpc) is 3.07. The summed E-state index contributed by atoms with van der Waals surface area (Å²) in [4.78, 5) is 0. The summed E-state index contributed by atoms with van der Waals surface area (Å²) in [6, 6.07) is 0. The molecule has 1 saturated heterocycles. The molecule has 306 valence electrons. The summed E-state index contributed by atoms with van der Waals surface area (Å²) in [7, 11) is -9.72. The molecule has 53 heavy (non-hydrogen) atoms. The molecule has 0 aromatic heterocycles. The second-order valence-corrected chi connectivity index (χ2v) is 20.4. The minimum Gasteiger partial charge on any atom is -0.396 e. The fourth-order valence-electron chi connectivity index (χ4n) is 13.3. The van der Waals surface area contributed by atoms with E-state index < -0.39 is 76.2 Å². The van der Waals surface area contributed by atoms with Crippen molar-refractivity contribution in [3.8, 4) is 0 Å². The number of fused-ring (bicyclic) bond motifs is 7. The monoisotopic (exact) mass is 796 g/mol. The molecule has 6 rings (SSSR count). The molecule has 4 saturated carbocycles. The number of aliphatic hydroxyl groups excluding tert-OH is 5. The van der Waals surface area contributed by atoms with Gasteiger partial charge in [-0.2, -0.15) is 16.8 Å². The van der Waals surface area contributed by atoms with Crippen LogP contribution in [0.4, 0.5) is 0 Å². The second-order valence-electron chi connectivity index (χ2n) is 18.2. The van der Waals surface area contributed by atoms with Gasteiger partial charge in [0.2, 0.25) is 0 Å². The molecule has 17 heteroatoms. The average molecular weight is 797 g/mol. The summed E-state index contributed by atoms with van der Waals surface area (Å²) >= 11 is 0. The number of ether oxygens (including phenoxy) is 2. The fourth-order valence-corrected chi connectivity index (χ4v) is 14.3. The molecule has 0 aromatic carbocycles. The minimum absolute atomic E-state index is 0.00799. The van der Waals surface area contributed by atoms with E-state index in [-0.39, 0.29) is 70.9 Å². The molecule has 0 radical (unpaired) electrons. The Bertz CT molecular complexity index is 1620. The van der Waals surface area contributed by atoms with E-state index in [9.17, 15) is 51.5 Å². The van der Waals surface area contributed by atoms with Crippen molar-refractivity contribution in [2.45, 2.75) is 129 Å². The van der Waals surface area contributed by atoms with Crippen LogP contribution in [-0.2, 0) is 38.6 Å². The van der Waals surface area contributed by atoms with Gasteiger partial charge in [-0.15, -0.1) is 0 Å². The molecule has 0 unspecified atom stereocenters. The summed E-state index contributed by atoms with van der Waals surface area (Å²) in [5.74, 6) is 0.228. The van der Waals surface area contributed by atoms with Crippen molar-refractivity contribution in [1.29, 1.82) is 0 Å². The molecule has 5 aliphatic carbocycles. The lowest BCUT2D eigenvalue weighted by atomic mass is 9.31. The summed E-state index contributed by atoms with van der Waals surface area (Å²) in [6.07, 6.45) is 0.483.